The fraction of sp³-hybridized carbons (Fsp3) is 0.176. The number of nitrogens with two attached hydrogens (primary N) is 1. The number of nitrogens with zero attached hydrogens (tertiary/aromatic N) is 1. The van der Waals surface area contributed by atoms with E-state index in [0.717, 1.165) is 4.70 Å². The van der Waals surface area contributed by atoms with Gasteiger partial charge >= 0.3 is 0 Å². The summed E-state index contributed by atoms with van der Waals surface area (Å²) in [6.07, 6.45) is 0. The maximum atomic E-state index is 12.7. The predicted octanol–water partition coefficient (Wildman–Crippen LogP) is 3.81. The van der Waals surface area contributed by atoms with Crippen LogP contribution < -0.4 is 25.3 Å². The van der Waals surface area contributed by atoms with Gasteiger partial charge in [0, 0.05) is 11.3 Å². The highest BCUT2D eigenvalue weighted by Gasteiger charge is 2.18. The number of amides is 1. The zero-order valence-corrected chi connectivity index (χ0v) is 15.8. The zero-order chi connectivity index (χ0) is 18.8. The van der Waals surface area contributed by atoms with E-state index < -0.39 is 0 Å². The molecule has 9 heteroatoms. The topological polar surface area (TPSA) is 95.7 Å². The minimum Gasteiger partial charge on any atom is -0.493 e. The number of nitrogen functional groups attached to an aromatic ring is 1. The first-order chi connectivity index (χ1) is 12.5. The van der Waals surface area contributed by atoms with Crippen LogP contribution in [-0.2, 0) is 0 Å². The molecule has 3 N–H and O–H groups in total. The summed E-state index contributed by atoms with van der Waals surface area (Å²) >= 11 is 7.52. The van der Waals surface area contributed by atoms with E-state index in [0.29, 0.717) is 44.2 Å². The Morgan fingerprint density at radius 2 is 1.77 bits per heavy atom. The van der Waals surface area contributed by atoms with Gasteiger partial charge in [0.1, 0.15) is 5.52 Å². The number of anilines is 2. The lowest BCUT2D eigenvalue weighted by atomic mass is 10.1. The van der Waals surface area contributed by atoms with Crippen molar-refractivity contribution in [2.75, 3.05) is 32.4 Å². The lowest BCUT2D eigenvalue weighted by Crippen LogP contribution is -2.12. The summed E-state index contributed by atoms with van der Waals surface area (Å²) < 4.78 is 16.6. The van der Waals surface area contributed by atoms with Crippen LogP contribution in [0.4, 0.5) is 10.8 Å². The Morgan fingerprint density at radius 3 is 2.35 bits per heavy atom. The fourth-order valence-electron chi connectivity index (χ4n) is 2.49. The molecule has 0 atom stereocenters. The number of carbonyl (C=O) groups excluding carboxylic acids is 1. The largest absolute Gasteiger partial charge is 0.493 e. The zero-order valence-electron chi connectivity index (χ0n) is 14.3. The molecular formula is C17H16ClN3O4S. The fourth-order valence-corrected chi connectivity index (χ4v) is 3.61. The molecule has 0 saturated heterocycles. The van der Waals surface area contributed by atoms with E-state index >= 15 is 0 Å². The Morgan fingerprint density at radius 1 is 1.12 bits per heavy atom. The molecule has 0 aliphatic rings. The van der Waals surface area contributed by atoms with E-state index in [1.54, 1.807) is 24.3 Å². The smallest absolute Gasteiger partial charge is 0.255 e. The van der Waals surface area contributed by atoms with Crippen molar-refractivity contribution in [3.8, 4) is 17.2 Å². The highest BCUT2D eigenvalue weighted by molar-refractivity contribution is 7.22. The maximum absolute atomic E-state index is 12.7. The molecule has 7 nitrogen and oxygen atoms in total. The number of methoxy groups -OCH3 is 3. The molecule has 0 aliphatic carbocycles. The number of halogens is 1. The number of ether oxygens (including phenoxy) is 3. The van der Waals surface area contributed by atoms with E-state index in [1.165, 1.54) is 32.7 Å². The van der Waals surface area contributed by atoms with E-state index in [-0.39, 0.29) is 5.91 Å². The van der Waals surface area contributed by atoms with Gasteiger partial charge in [-0.1, -0.05) is 22.9 Å². The Hall–Kier alpha value is -2.71. The monoisotopic (exact) mass is 393 g/mol. The molecule has 0 aliphatic heterocycles. The number of hydrogen-bond acceptors (Lipinski definition) is 7. The lowest BCUT2D eigenvalue weighted by molar-refractivity contribution is 0.102. The summed E-state index contributed by atoms with van der Waals surface area (Å²) in [5.74, 6) is 0.842. The van der Waals surface area contributed by atoms with Crippen molar-refractivity contribution < 1.29 is 19.0 Å². The van der Waals surface area contributed by atoms with Gasteiger partial charge in [-0.3, -0.25) is 4.79 Å². The van der Waals surface area contributed by atoms with Crippen molar-refractivity contribution in [2.24, 2.45) is 0 Å². The molecular weight excluding hydrogens is 378 g/mol. The average Bonchev–Trinajstić information content (AvgIpc) is 3.01. The summed E-state index contributed by atoms with van der Waals surface area (Å²) in [6.45, 7) is 0. The Bertz CT molecular complexity index is 965. The summed E-state index contributed by atoms with van der Waals surface area (Å²) in [5, 5.41) is 3.63. The molecule has 1 aromatic heterocycles. The van der Waals surface area contributed by atoms with Gasteiger partial charge in [-0.2, -0.15) is 0 Å². The summed E-state index contributed by atoms with van der Waals surface area (Å²) in [5.41, 5.74) is 7.21. The molecule has 2 aromatic carbocycles. The van der Waals surface area contributed by atoms with Crippen LogP contribution in [0.3, 0.4) is 0 Å². The number of benzene rings is 2. The second kappa shape index (κ2) is 7.27. The highest BCUT2D eigenvalue weighted by atomic mass is 35.5. The lowest BCUT2D eigenvalue weighted by Gasteiger charge is -2.14. The van der Waals surface area contributed by atoms with Crippen LogP contribution in [-0.4, -0.2) is 32.2 Å². The number of carbonyl (C=O) groups is 1. The number of fused-ring (bicyclic) bond motifs is 1. The van der Waals surface area contributed by atoms with Crippen LogP contribution >= 0.6 is 22.9 Å². The Balaban J connectivity index is 1.95. The molecule has 0 saturated carbocycles. The molecule has 3 aromatic rings. The van der Waals surface area contributed by atoms with Crippen LogP contribution in [0.25, 0.3) is 10.2 Å². The van der Waals surface area contributed by atoms with Gasteiger partial charge in [-0.15, -0.1) is 0 Å². The van der Waals surface area contributed by atoms with Crippen molar-refractivity contribution in [2.45, 2.75) is 0 Å². The van der Waals surface area contributed by atoms with Gasteiger partial charge < -0.3 is 25.3 Å². The first-order valence-corrected chi connectivity index (χ1v) is 8.63. The normalized spacial score (nSPS) is 10.6. The number of aromatic nitrogens is 1. The van der Waals surface area contributed by atoms with Gasteiger partial charge in [-0.05, 0) is 24.3 Å². The van der Waals surface area contributed by atoms with E-state index in [4.69, 9.17) is 31.5 Å². The highest BCUT2D eigenvalue weighted by Crippen LogP contribution is 2.38. The van der Waals surface area contributed by atoms with E-state index in [1.807, 2.05) is 0 Å². The minimum absolute atomic E-state index is 0.347. The van der Waals surface area contributed by atoms with Crippen molar-refractivity contribution in [3.63, 3.8) is 0 Å². The molecule has 0 fully saturated rings. The first kappa shape index (κ1) is 18.1. The third-order valence-corrected chi connectivity index (χ3v) is 4.77. The van der Waals surface area contributed by atoms with Crippen LogP contribution in [0.5, 0.6) is 17.2 Å². The molecule has 136 valence electrons. The van der Waals surface area contributed by atoms with Gasteiger partial charge in [0.05, 0.1) is 31.1 Å². The average molecular weight is 394 g/mol. The second-order valence-corrected chi connectivity index (χ2v) is 6.69. The van der Waals surface area contributed by atoms with Crippen molar-refractivity contribution in [1.29, 1.82) is 0 Å². The van der Waals surface area contributed by atoms with Crippen LogP contribution in [0, 0.1) is 0 Å². The van der Waals surface area contributed by atoms with Gasteiger partial charge in [0.2, 0.25) is 5.75 Å². The number of rotatable bonds is 5. The van der Waals surface area contributed by atoms with E-state index in [2.05, 4.69) is 10.3 Å². The van der Waals surface area contributed by atoms with Crippen LogP contribution in [0.2, 0.25) is 5.02 Å². The second-order valence-electron chi connectivity index (χ2n) is 5.23. The third-order valence-electron chi connectivity index (χ3n) is 3.65. The van der Waals surface area contributed by atoms with Gasteiger partial charge in [0.25, 0.3) is 5.91 Å². The molecule has 0 radical (unpaired) electrons. The van der Waals surface area contributed by atoms with Gasteiger partial charge in [0.15, 0.2) is 16.6 Å². The molecule has 0 bridgehead atoms. The van der Waals surface area contributed by atoms with Crippen molar-refractivity contribution in [3.05, 3.63) is 34.9 Å². The number of nitrogens with one attached hydrogen (secondary N) is 1. The molecule has 0 unspecified atom stereocenters. The number of hydrogen-bond donors (Lipinski definition) is 2. The van der Waals surface area contributed by atoms with Gasteiger partial charge in [-0.25, -0.2) is 4.98 Å². The van der Waals surface area contributed by atoms with Crippen molar-refractivity contribution >= 4 is 49.9 Å². The quantitative estimate of drug-likeness (QED) is 0.684. The van der Waals surface area contributed by atoms with Crippen LogP contribution in [0.15, 0.2) is 24.3 Å². The molecule has 26 heavy (non-hydrogen) atoms. The van der Waals surface area contributed by atoms with E-state index in [9.17, 15) is 4.79 Å². The third kappa shape index (κ3) is 3.33. The number of thiazole rings is 1. The molecule has 3 rings (SSSR count). The summed E-state index contributed by atoms with van der Waals surface area (Å²) in [7, 11) is 4.47. The maximum Gasteiger partial charge on any atom is 0.255 e. The Kier molecular flexibility index (Phi) is 5.06. The first-order valence-electron chi connectivity index (χ1n) is 7.43. The SMILES string of the molecule is COc1cc(C(=O)Nc2cc(Cl)c3nc(N)sc3c2)cc(OC)c1OC. The molecule has 1 heterocycles. The Labute approximate surface area is 158 Å². The van der Waals surface area contributed by atoms with Crippen LogP contribution in [0.1, 0.15) is 10.4 Å². The summed E-state index contributed by atoms with van der Waals surface area (Å²) in [4.78, 5) is 16.8. The predicted molar refractivity (Wildman–Crippen MR) is 103 cm³/mol. The van der Waals surface area contributed by atoms with Crippen molar-refractivity contribution in [1.82, 2.24) is 4.98 Å². The standard InChI is InChI=1S/C17H16ClN3O4S/c1-23-11-4-8(5-12(24-2)15(11)25-3)16(22)20-9-6-10(18)14-13(7-9)26-17(19)21-14/h4-7H,1-3H3,(H2,19,21)(H,20,22). The summed E-state index contributed by atoms with van der Waals surface area (Å²) in [6, 6.07) is 6.53. The molecule has 1 amide bonds. The molecule has 0 spiro atoms. The minimum atomic E-state index is -0.350.